The molecular formula is C11H20N2O. The molecule has 0 radical (unpaired) electrons. The monoisotopic (exact) mass is 196 g/mol. The third kappa shape index (κ3) is 2.47. The maximum Gasteiger partial charge on any atom is 0.237 e. The Bertz CT molecular complexity index is 193. The Morgan fingerprint density at radius 2 is 1.79 bits per heavy atom. The van der Waals surface area contributed by atoms with Crippen LogP contribution in [0.3, 0.4) is 0 Å². The minimum Gasteiger partial charge on any atom is -0.352 e. The average Bonchev–Trinajstić information content (AvgIpc) is 2.72. The van der Waals surface area contributed by atoms with Crippen molar-refractivity contribution in [1.29, 1.82) is 0 Å². The van der Waals surface area contributed by atoms with Crippen LogP contribution in [0.1, 0.15) is 44.9 Å². The molecular weight excluding hydrogens is 176 g/mol. The first-order valence-corrected chi connectivity index (χ1v) is 5.90. The molecule has 0 bridgehead atoms. The van der Waals surface area contributed by atoms with Crippen molar-refractivity contribution in [3.63, 3.8) is 0 Å². The van der Waals surface area contributed by atoms with Crippen molar-refractivity contribution in [2.75, 3.05) is 6.54 Å². The van der Waals surface area contributed by atoms with Gasteiger partial charge in [-0.15, -0.1) is 0 Å². The summed E-state index contributed by atoms with van der Waals surface area (Å²) in [7, 11) is 0. The quantitative estimate of drug-likeness (QED) is 0.696. The Morgan fingerprint density at radius 3 is 2.43 bits per heavy atom. The molecule has 2 fully saturated rings. The van der Waals surface area contributed by atoms with Crippen LogP contribution < -0.4 is 10.6 Å². The van der Waals surface area contributed by atoms with E-state index in [1.807, 2.05) is 0 Å². The number of nitrogens with one attached hydrogen (secondary N) is 2. The van der Waals surface area contributed by atoms with Gasteiger partial charge in [-0.3, -0.25) is 4.79 Å². The van der Waals surface area contributed by atoms with E-state index in [9.17, 15) is 4.79 Å². The molecule has 3 nitrogen and oxygen atoms in total. The molecule has 14 heavy (non-hydrogen) atoms. The molecule has 2 rings (SSSR count). The van der Waals surface area contributed by atoms with Crippen molar-refractivity contribution >= 4 is 5.91 Å². The van der Waals surface area contributed by atoms with Gasteiger partial charge in [0, 0.05) is 6.04 Å². The third-order valence-electron chi connectivity index (χ3n) is 3.33. The van der Waals surface area contributed by atoms with Crippen LogP contribution in [0.5, 0.6) is 0 Å². The van der Waals surface area contributed by atoms with Gasteiger partial charge in [0.1, 0.15) is 0 Å². The molecule has 1 saturated heterocycles. The molecule has 1 aliphatic carbocycles. The number of amides is 1. The Labute approximate surface area is 85.6 Å². The van der Waals surface area contributed by atoms with E-state index in [1.54, 1.807) is 0 Å². The fourth-order valence-electron chi connectivity index (χ4n) is 2.45. The predicted molar refractivity (Wildman–Crippen MR) is 56.0 cm³/mol. The highest BCUT2D eigenvalue weighted by molar-refractivity contribution is 5.82. The highest BCUT2D eigenvalue weighted by Crippen LogP contribution is 2.18. The van der Waals surface area contributed by atoms with E-state index < -0.39 is 0 Å². The standard InChI is InChI=1S/C11H20N2O/c14-11(10-7-3-4-8-12-10)13-9-5-1-2-6-9/h9-10,12H,1-8H2,(H,13,14)/t10-/m1/s1. The summed E-state index contributed by atoms with van der Waals surface area (Å²) in [6.07, 6.45) is 8.34. The van der Waals surface area contributed by atoms with Crippen LogP contribution in [0.4, 0.5) is 0 Å². The minimum absolute atomic E-state index is 0.0874. The zero-order valence-corrected chi connectivity index (χ0v) is 8.72. The van der Waals surface area contributed by atoms with Crippen molar-refractivity contribution in [2.24, 2.45) is 0 Å². The van der Waals surface area contributed by atoms with Crippen LogP contribution in [0.15, 0.2) is 0 Å². The molecule has 0 aromatic rings. The summed E-state index contributed by atoms with van der Waals surface area (Å²) in [6.45, 7) is 1.00. The van der Waals surface area contributed by atoms with Crippen LogP contribution in [-0.2, 0) is 4.79 Å². The van der Waals surface area contributed by atoms with E-state index in [1.165, 1.54) is 38.5 Å². The number of carbonyl (C=O) groups is 1. The summed E-state index contributed by atoms with van der Waals surface area (Å²) in [4.78, 5) is 11.8. The smallest absolute Gasteiger partial charge is 0.237 e. The molecule has 1 heterocycles. The van der Waals surface area contributed by atoms with Crippen molar-refractivity contribution < 1.29 is 4.79 Å². The largest absolute Gasteiger partial charge is 0.352 e. The van der Waals surface area contributed by atoms with Gasteiger partial charge in [-0.2, -0.15) is 0 Å². The second-order valence-electron chi connectivity index (χ2n) is 4.49. The summed E-state index contributed by atoms with van der Waals surface area (Å²) in [5.41, 5.74) is 0. The van der Waals surface area contributed by atoms with Crippen molar-refractivity contribution in [2.45, 2.75) is 57.0 Å². The van der Waals surface area contributed by atoms with E-state index in [2.05, 4.69) is 10.6 Å². The molecule has 1 atom stereocenters. The minimum atomic E-state index is 0.0874. The normalized spacial score (nSPS) is 29.0. The Balaban J connectivity index is 1.75. The first kappa shape index (κ1) is 9.97. The second kappa shape index (κ2) is 4.78. The highest BCUT2D eigenvalue weighted by atomic mass is 16.2. The molecule has 1 amide bonds. The molecule has 1 saturated carbocycles. The molecule has 0 aromatic carbocycles. The summed E-state index contributed by atoms with van der Waals surface area (Å²) < 4.78 is 0. The van der Waals surface area contributed by atoms with Gasteiger partial charge in [-0.05, 0) is 32.2 Å². The first-order chi connectivity index (χ1) is 6.86. The number of carbonyl (C=O) groups excluding carboxylic acids is 1. The van der Waals surface area contributed by atoms with Crippen LogP contribution >= 0.6 is 0 Å². The number of piperidine rings is 1. The van der Waals surface area contributed by atoms with Gasteiger partial charge in [-0.25, -0.2) is 0 Å². The predicted octanol–water partition coefficient (Wildman–Crippen LogP) is 1.19. The lowest BCUT2D eigenvalue weighted by atomic mass is 10.0. The second-order valence-corrected chi connectivity index (χ2v) is 4.49. The van der Waals surface area contributed by atoms with Gasteiger partial charge in [-0.1, -0.05) is 19.3 Å². The van der Waals surface area contributed by atoms with Crippen LogP contribution in [0.25, 0.3) is 0 Å². The van der Waals surface area contributed by atoms with Crippen molar-refractivity contribution in [3.05, 3.63) is 0 Å². The van der Waals surface area contributed by atoms with Crippen molar-refractivity contribution in [1.82, 2.24) is 10.6 Å². The lowest BCUT2D eigenvalue weighted by Crippen LogP contribution is -2.49. The maximum absolute atomic E-state index is 11.8. The van der Waals surface area contributed by atoms with E-state index >= 15 is 0 Å². The molecule has 2 N–H and O–H groups in total. The van der Waals surface area contributed by atoms with Gasteiger partial charge in [0.2, 0.25) is 5.91 Å². The zero-order chi connectivity index (χ0) is 9.80. The van der Waals surface area contributed by atoms with E-state index in [0.717, 1.165) is 13.0 Å². The van der Waals surface area contributed by atoms with Crippen LogP contribution in [-0.4, -0.2) is 24.5 Å². The van der Waals surface area contributed by atoms with Crippen LogP contribution in [0.2, 0.25) is 0 Å². The fourth-order valence-corrected chi connectivity index (χ4v) is 2.45. The summed E-state index contributed by atoms with van der Waals surface area (Å²) in [6, 6.07) is 0.551. The third-order valence-corrected chi connectivity index (χ3v) is 3.33. The number of hydrogen-bond donors (Lipinski definition) is 2. The molecule has 2 aliphatic rings. The van der Waals surface area contributed by atoms with Gasteiger partial charge in [0.05, 0.1) is 6.04 Å². The Morgan fingerprint density at radius 1 is 1.07 bits per heavy atom. The van der Waals surface area contributed by atoms with E-state index in [4.69, 9.17) is 0 Å². The SMILES string of the molecule is O=C(NC1CCCC1)[C@H]1CCCCN1. The molecule has 3 heteroatoms. The molecule has 0 unspecified atom stereocenters. The van der Waals surface area contributed by atoms with Crippen molar-refractivity contribution in [3.8, 4) is 0 Å². The maximum atomic E-state index is 11.8. The summed E-state index contributed by atoms with van der Waals surface area (Å²) >= 11 is 0. The van der Waals surface area contributed by atoms with Gasteiger partial charge < -0.3 is 10.6 Å². The number of rotatable bonds is 2. The molecule has 1 aliphatic heterocycles. The molecule has 0 spiro atoms. The van der Waals surface area contributed by atoms with Crippen LogP contribution in [0, 0.1) is 0 Å². The molecule has 80 valence electrons. The van der Waals surface area contributed by atoms with E-state index in [-0.39, 0.29) is 11.9 Å². The van der Waals surface area contributed by atoms with E-state index in [0.29, 0.717) is 6.04 Å². The number of hydrogen-bond acceptors (Lipinski definition) is 2. The molecule has 0 aromatic heterocycles. The van der Waals surface area contributed by atoms with Gasteiger partial charge in [0.25, 0.3) is 0 Å². The summed E-state index contributed by atoms with van der Waals surface area (Å²) in [5.74, 6) is 0.233. The first-order valence-electron chi connectivity index (χ1n) is 5.90. The lowest BCUT2D eigenvalue weighted by Gasteiger charge is -2.24. The fraction of sp³-hybridized carbons (Fsp3) is 0.909. The average molecular weight is 196 g/mol. The highest BCUT2D eigenvalue weighted by Gasteiger charge is 2.24. The Kier molecular flexibility index (Phi) is 3.40. The lowest BCUT2D eigenvalue weighted by molar-refractivity contribution is -0.124. The van der Waals surface area contributed by atoms with Gasteiger partial charge >= 0.3 is 0 Å². The zero-order valence-electron chi connectivity index (χ0n) is 8.72. The Hall–Kier alpha value is -0.570. The summed E-state index contributed by atoms with van der Waals surface area (Å²) in [5, 5.41) is 6.43. The van der Waals surface area contributed by atoms with Gasteiger partial charge in [0.15, 0.2) is 0 Å². The topological polar surface area (TPSA) is 41.1 Å².